The first kappa shape index (κ1) is 28.0. The molecule has 10 nitrogen and oxygen atoms in total. The van der Waals surface area contributed by atoms with E-state index >= 15 is 0 Å². The summed E-state index contributed by atoms with van der Waals surface area (Å²) in [5, 5.41) is 13.6. The minimum Gasteiger partial charge on any atom is -0.489 e. The number of carbonyl (C=O) groups excluding carboxylic acids is 2. The fourth-order valence-electron chi connectivity index (χ4n) is 4.30. The Morgan fingerprint density at radius 2 is 2.00 bits per heavy atom. The minimum absolute atomic E-state index is 0.0454. The van der Waals surface area contributed by atoms with Gasteiger partial charge in [0.15, 0.2) is 11.5 Å². The number of piperidine rings is 1. The van der Waals surface area contributed by atoms with Gasteiger partial charge in [-0.05, 0) is 46.2 Å². The van der Waals surface area contributed by atoms with Crippen LogP contribution in [-0.2, 0) is 9.47 Å². The van der Waals surface area contributed by atoms with Crippen molar-refractivity contribution < 1.29 is 33.6 Å². The number of methoxy groups -OCH3 is 1. The van der Waals surface area contributed by atoms with Gasteiger partial charge in [-0.3, -0.25) is 9.69 Å². The molecule has 0 spiro atoms. The van der Waals surface area contributed by atoms with Gasteiger partial charge < -0.3 is 34.3 Å². The Balaban J connectivity index is 1.71. The van der Waals surface area contributed by atoms with Crippen LogP contribution in [0.4, 0.5) is 10.5 Å². The summed E-state index contributed by atoms with van der Waals surface area (Å²) >= 11 is 0. The summed E-state index contributed by atoms with van der Waals surface area (Å²) in [6.45, 7) is 9.62. The number of aliphatic hydroxyl groups is 1. The highest BCUT2D eigenvalue weighted by Gasteiger charge is 2.30. The van der Waals surface area contributed by atoms with E-state index in [1.165, 1.54) is 4.90 Å². The van der Waals surface area contributed by atoms with E-state index in [2.05, 4.69) is 10.2 Å². The van der Waals surface area contributed by atoms with Gasteiger partial charge in [0.1, 0.15) is 5.60 Å². The van der Waals surface area contributed by atoms with Crippen LogP contribution in [0.3, 0.4) is 0 Å². The average Bonchev–Trinajstić information content (AvgIpc) is 3.07. The third-order valence-electron chi connectivity index (χ3n) is 6.28. The van der Waals surface area contributed by atoms with E-state index in [0.29, 0.717) is 56.5 Å². The first-order valence-corrected chi connectivity index (χ1v) is 12.7. The Bertz CT molecular complexity index is 902. The minimum atomic E-state index is -0.656. The number of hydrogen-bond acceptors (Lipinski definition) is 8. The van der Waals surface area contributed by atoms with Crippen LogP contribution in [0.15, 0.2) is 12.1 Å². The number of rotatable bonds is 8. The van der Waals surface area contributed by atoms with Crippen molar-refractivity contribution in [3.63, 3.8) is 0 Å². The molecule has 0 saturated carbocycles. The lowest BCUT2D eigenvalue weighted by molar-refractivity contribution is 0.0192. The van der Waals surface area contributed by atoms with Crippen molar-refractivity contribution in [2.45, 2.75) is 51.7 Å². The number of nitrogens with zero attached hydrogens (tertiary/aromatic N) is 2. The van der Waals surface area contributed by atoms with Crippen molar-refractivity contribution in [1.29, 1.82) is 0 Å². The average molecular weight is 508 g/mol. The van der Waals surface area contributed by atoms with Crippen LogP contribution in [0.1, 0.15) is 50.4 Å². The van der Waals surface area contributed by atoms with E-state index in [1.807, 2.05) is 0 Å². The number of likely N-dealkylation sites (tertiary alicyclic amines) is 1. The van der Waals surface area contributed by atoms with Crippen LogP contribution in [0, 0.1) is 5.92 Å². The molecule has 1 saturated heterocycles. The second kappa shape index (κ2) is 12.6. The summed E-state index contributed by atoms with van der Waals surface area (Å²) in [7, 11) is 3.27. The number of amides is 2. The van der Waals surface area contributed by atoms with Gasteiger partial charge in [-0.15, -0.1) is 0 Å². The number of hydrogen-bond donors (Lipinski definition) is 2. The molecule has 1 fully saturated rings. The molecule has 2 atom stereocenters. The predicted molar refractivity (Wildman–Crippen MR) is 136 cm³/mol. The van der Waals surface area contributed by atoms with Gasteiger partial charge in [-0.1, -0.05) is 0 Å². The highest BCUT2D eigenvalue weighted by molar-refractivity contribution is 6.00. The molecule has 2 aliphatic rings. The lowest BCUT2D eigenvalue weighted by Crippen LogP contribution is -2.48. The number of β-amino-alcohol motifs (C(OH)–C–C–N with tert-alkyl or cyclic N) is 1. The van der Waals surface area contributed by atoms with Crippen LogP contribution < -0.4 is 19.7 Å². The monoisotopic (exact) mass is 507 g/mol. The van der Waals surface area contributed by atoms with E-state index < -0.39 is 17.8 Å². The molecular weight excluding hydrogens is 466 g/mol. The molecule has 202 valence electrons. The maximum Gasteiger partial charge on any atom is 0.414 e. The molecule has 0 unspecified atom stereocenters. The lowest BCUT2D eigenvalue weighted by Gasteiger charge is -2.36. The Labute approximate surface area is 213 Å². The summed E-state index contributed by atoms with van der Waals surface area (Å²) in [5.74, 6) is 0.386. The number of nitrogens with one attached hydrogen (secondary N) is 1. The molecule has 3 rings (SSSR count). The van der Waals surface area contributed by atoms with Gasteiger partial charge in [0.25, 0.3) is 5.91 Å². The first-order chi connectivity index (χ1) is 17.1. The summed E-state index contributed by atoms with van der Waals surface area (Å²) < 4.78 is 22.3. The van der Waals surface area contributed by atoms with Gasteiger partial charge in [0, 0.05) is 58.8 Å². The molecule has 2 aliphatic heterocycles. The summed E-state index contributed by atoms with van der Waals surface area (Å²) in [6, 6.07) is 3.30. The Morgan fingerprint density at radius 1 is 1.25 bits per heavy atom. The summed E-state index contributed by atoms with van der Waals surface area (Å²) in [6.07, 6.45) is 1.33. The van der Waals surface area contributed by atoms with E-state index in [4.69, 9.17) is 18.9 Å². The van der Waals surface area contributed by atoms with Crippen LogP contribution in [0.2, 0.25) is 0 Å². The molecule has 2 heterocycles. The second-order valence-electron chi connectivity index (χ2n) is 10.4. The molecule has 10 heteroatoms. The SMILES string of the molecule is COCCCN1CC[C@@H](CNC(=O)c2cc(N(C)C(=O)OC(C)(C)C)cc3c2OCCCO3)[C@H](O)C1. The maximum absolute atomic E-state index is 13.3. The molecule has 0 bridgehead atoms. The van der Waals surface area contributed by atoms with Crippen LogP contribution in [0.25, 0.3) is 0 Å². The third kappa shape index (κ3) is 7.72. The van der Waals surface area contributed by atoms with Crippen molar-refractivity contribution in [3.8, 4) is 11.5 Å². The standard InChI is InChI=1S/C26H41N3O7/c1-26(2,3)36-25(32)28(4)19-14-20(23-22(15-19)34-12-7-13-35-23)24(31)27-16-18-8-10-29(17-21(18)30)9-6-11-33-5/h14-15,18,21,30H,6-13,16-17H2,1-5H3,(H,27,31)/t18-,21+/m0/s1. The van der Waals surface area contributed by atoms with Crippen LogP contribution in [0.5, 0.6) is 11.5 Å². The van der Waals surface area contributed by atoms with Gasteiger partial charge in [0.2, 0.25) is 0 Å². The zero-order valence-corrected chi connectivity index (χ0v) is 22.2. The maximum atomic E-state index is 13.3. The van der Waals surface area contributed by atoms with Gasteiger partial charge >= 0.3 is 6.09 Å². The number of carbonyl (C=O) groups is 2. The van der Waals surface area contributed by atoms with E-state index in [9.17, 15) is 14.7 Å². The molecule has 2 amide bonds. The Kier molecular flexibility index (Phi) is 9.81. The van der Waals surface area contributed by atoms with Gasteiger partial charge in [0.05, 0.1) is 30.6 Å². The molecule has 1 aromatic carbocycles. The quantitative estimate of drug-likeness (QED) is 0.517. The van der Waals surface area contributed by atoms with E-state index in [0.717, 1.165) is 25.9 Å². The van der Waals surface area contributed by atoms with Crippen molar-refractivity contribution in [2.24, 2.45) is 5.92 Å². The van der Waals surface area contributed by atoms with Gasteiger partial charge in [-0.25, -0.2) is 4.79 Å². The number of aliphatic hydroxyl groups excluding tert-OH is 1. The molecule has 1 aromatic rings. The first-order valence-electron chi connectivity index (χ1n) is 12.7. The fraction of sp³-hybridized carbons (Fsp3) is 0.692. The zero-order valence-electron chi connectivity index (χ0n) is 22.2. The number of anilines is 1. The van der Waals surface area contributed by atoms with E-state index in [1.54, 1.807) is 47.1 Å². The van der Waals surface area contributed by atoms with E-state index in [-0.39, 0.29) is 17.4 Å². The number of fused-ring (bicyclic) bond motifs is 1. The van der Waals surface area contributed by atoms with Gasteiger partial charge in [-0.2, -0.15) is 0 Å². The second-order valence-corrected chi connectivity index (χ2v) is 10.4. The largest absolute Gasteiger partial charge is 0.489 e. The lowest BCUT2D eigenvalue weighted by atomic mass is 9.93. The smallest absolute Gasteiger partial charge is 0.414 e. The third-order valence-corrected chi connectivity index (χ3v) is 6.28. The number of benzene rings is 1. The molecule has 0 aliphatic carbocycles. The Hall–Kier alpha value is -2.56. The van der Waals surface area contributed by atoms with Crippen molar-refractivity contribution in [1.82, 2.24) is 10.2 Å². The molecular formula is C26H41N3O7. The fourth-order valence-corrected chi connectivity index (χ4v) is 4.30. The topological polar surface area (TPSA) is 110 Å². The van der Waals surface area contributed by atoms with Crippen LogP contribution >= 0.6 is 0 Å². The van der Waals surface area contributed by atoms with Crippen molar-refractivity contribution in [2.75, 3.05) is 65.1 Å². The molecule has 0 aromatic heterocycles. The zero-order chi connectivity index (χ0) is 26.3. The molecule has 2 N–H and O–H groups in total. The predicted octanol–water partition coefficient (Wildman–Crippen LogP) is 2.67. The van der Waals surface area contributed by atoms with Crippen molar-refractivity contribution >= 4 is 17.7 Å². The molecule has 0 radical (unpaired) electrons. The summed E-state index contributed by atoms with van der Waals surface area (Å²) in [4.78, 5) is 29.5. The van der Waals surface area contributed by atoms with Crippen LogP contribution in [-0.4, -0.2) is 93.9 Å². The number of ether oxygens (including phenoxy) is 4. The Morgan fingerprint density at radius 3 is 2.69 bits per heavy atom. The highest BCUT2D eigenvalue weighted by atomic mass is 16.6. The highest BCUT2D eigenvalue weighted by Crippen LogP contribution is 2.38. The van der Waals surface area contributed by atoms with Crippen molar-refractivity contribution in [3.05, 3.63) is 17.7 Å². The summed E-state index contributed by atoms with van der Waals surface area (Å²) in [5.41, 5.74) is 0.0891. The normalized spacial score (nSPS) is 20.4. The molecule has 36 heavy (non-hydrogen) atoms.